The lowest BCUT2D eigenvalue weighted by molar-refractivity contribution is -0.131. The lowest BCUT2D eigenvalue weighted by Gasteiger charge is -2.36. The smallest absolute Gasteiger partial charge is 0.328 e. The monoisotopic (exact) mass is 484 g/mol. The number of carbonyl (C=O) groups excluding carboxylic acids is 1. The summed E-state index contributed by atoms with van der Waals surface area (Å²) in [4.78, 5) is 35.1. The highest BCUT2D eigenvalue weighted by atomic mass is 16.4. The SMILES string of the molecule is CN(C)c1ncc(-c2ccc(CC3(C(=O)Nc4cccc(/C=C/C(=O)O)c4)CCCCC3)cc2)cn1. The average Bonchev–Trinajstić information content (AvgIpc) is 2.89. The first-order valence-electron chi connectivity index (χ1n) is 12.3. The second-order valence-electron chi connectivity index (χ2n) is 9.63. The molecule has 186 valence electrons. The molecule has 1 fully saturated rings. The average molecular weight is 485 g/mol. The first kappa shape index (κ1) is 25.1. The van der Waals surface area contributed by atoms with Crippen LogP contribution in [0.25, 0.3) is 17.2 Å². The van der Waals surface area contributed by atoms with Crippen LogP contribution in [0.5, 0.6) is 0 Å². The molecule has 0 atom stereocenters. The van der Waals surface area contributed by atoms with Gasteiger partial charge >= 0.3 is 5.97 Å². The largest absolute Gasteiger partial charge is 0.478 e. The highest BCUT2D eigenvalue weighted by molar-refractivity contribution is 5.96. The summed E-state index contributed by atoms with van der Waals surface area (Å²) in [6, 6.07) is 15.6. The summed E-state index contributed by atoms with van der Waals surface area (Å²) in [5.41, 5.74) is 4.05. The molecule has 4 rings (SSSR count). The molecule has 1 aliphatic carbocycles. The molecule has 0 bridgehead atoms. The van der Waals surface area contributed by atoms with Crippen LogP contribution < -0.4 is 10.2 Å². The van der Waals surface area contributed by atoms with Gasteiger partial charge in [0, 0.05) is 43.8 Å². The van der Waals surface area contributed by atoms with Gasteiger partial charge in [0.05, 0.1) is 5.41 Å². The van der Waals surface area contributed by atoms with Crippen molar-refractivity contribution in [2.75, 3.05) is 24.3 Å². The second kappa shape index (κ2) is 11.2. The Hall–Kier alpha value is -4.00. The zero-order valence-electron chi connectivity index (χ0n) is 20.8. The summed E-state index contributed by atoms with van der Waals surface area (Å²) in [7, 11) is 3.82. The molecule has 2 aromatic carbocycles. The Labute approximate surface area is 211 Å². The van der Waals surface area contributed by atoms with Crippen LogP contribution in [0.15, 0.2) is 67.0 Å². The molecule has 1 amide bonds. The van der Waals surface area contributed by atoms with Crippen molar-refractivity contribution in [1.82, 2.24) is 9.97 Å². The number of carboxylic acids is 1. The summed E-state index contributed by atoms with van der Waals surface area (Å²) in [5, 5.41) is 12.0. The predicted molar refractivity (Wildman–Crippen MR) is 143 cm³/mol. The van der Waals surface area contributed by atoms with Crippen molar-refractivity contribution in [3.05, 3.63) is 78.1 Å². The van der Waals surface area contributed by atoms with Gasteiger partial charge in [0.1, 0.15) is 0 Å². The van der Waals surface area contributed by atoms with Crippen molar-refractivity contribution in [1.29, 1.82) is 0 Å². The predicted octanol–water partition coefficient (Wildman–Crippen LogP) is 5.44. The van der Waals surface area contributed by atoms with Crippen LogP contribution in [0.3, 0.4) is 0 Å². The highest BCUT2D eigenvalue weighted by Gasteiger charge is 2.39. The molecule has 2 N–H and O–H groups in total. The van der Waals surface area contributed by atoms with E-state index in [9.17, 15) is 9.59 Å². The van der Waals surface area contributed by atoms with Gasteiger partial charge in [-0.15, -0.1) is 0 Å². The Kier molecular flexibility index (Phi) is 7.78. The third kappa shape index (κ3) is 6.16. The standard InChI is InChI=1S/C29H32N4O3/c1-33(2)28-30-19-24(20-31-28)23-12-9-22(10-13-23)18-29(15-4-3-5-16-29)27(36)32-25-8-6-7-21(17-25)11-14-26(34)35/h6-14,17,19-20H,3-5,15-16,18H2,1-2H3,(H,32,36)(H,34,35)/b14-11+. The number of carbonyl (C=O) groups is 2. The molecule has 7 nitrogen and oxygen atoms in total. The number of anilines is 2. The fourth-order valence-electron chi connectivity index (χ4n) is 4.77. The van der Waals surface area contributed by atoms with Crippen LogP contribution in [0.1, 0.15) is 43.2 Å². The van der Waals surface area contributed by atoms with Crippen LogP contribution in [0.4, 0.5) is 11.6 Å². The van der Waals surface area contributed by atoms with E-state index < -0.39 is 11.4 Å². The number of benzene rings is 2. The van der Waals surface area contributed by atoms with E-state index in [1.807, 2.05) is 49.6 Å². The molecule has 1 aliphatic rings. The molecule has 0 unspecified atom stereocenters. The first-order valence-corrected chi connectivity index (χ1v) is 12.3. The Morgan fingerprint density at radius 2 is 1.69 bits per heavy atom. The minimum Gasteiger partial charge on any atom is -0.478 e. The second-order valence-corrected chi connectivity index (χ2v) is 9.63. The molecule has 36 heavy (non-hydrogen) atoms. The molecule has 0 aliphatic heterocycles. The van der Waals surface area contributed by atoms with Crippen molar-refractivity contribution >= 4 is 29.6 Å². The molecule has 3 aromatic rings. The zero-order chi connectivity index (χ0) is 25.5. The van der Waals surface area contributed by atoms with Gasteiger partial charge in [-0.3, -0.25) is 4.79 Å². The van der Waals surface area contributed by atoms with Crippen molar-refractivity contribution in [3.63, 3.8) is 0 Å². The first-order chi connectivity index (χ1) is 17.3. The molecule has 0 spiro atoms. The molecule has 7 heteroatoms. The molecule has 1 saturated carbocycles. The van der Waals surface area contributed by atoms with Gasteiger partial charge in [0.25, 0.3) is 0 Å². The molecular weight excluding hydrogens is 452 g/mol. The summed E-state index contributed by atoms with van der Waals surface area (Å²) in [5.74, 6) is -0.308. The summed E-state index contributed by atoms with van der Waals surface area (Å²) < 4.78 is 0. The maximum Gasteiger partial charge on any atom is 0.328 e. The Morgan fingerprint density at radius 3 is 2.33 bits per heavy atom. The van der Waals surface area contributed by atoms with Crippen molar-refractivity contribution in [3.8, 4) is 11.1 Å². The van der Waals surface area contributed by atoms with E-state index in [-0.39, 0.29) is 5.91 Å². The number of nitrogens with zero attached hydrogens (tertiary/aromatic N) is 3. The van der Waals surface area contributed by atoms with Crippen LogP contribution in [0.2, 0.25) is 0 Å². The Bertz CT molecular complexity index is 1230. The number of amides is 1. The fraction of sp³-hybridized carbons (Fsp3) is 0.310. The van der Waals surface area contributed by atoms with Crippen LogP contribution in [-0.4, -0.2) is 41.0 Å². The number of hydrogen-bond donors (Lipinski definition) is 2. The van der Waals surface area contributed by atoms with E-state index in [0.717, 1.165) is 60.4 Å². The zero-order valence-corrected chi connectivity index (χ0v) is 20.8. The molecule has 0 radical (unpaired) electrons. The normalized spacial score (nSPS) is 14.9. The lowest BCUT2D eigenvalue weighted by atomic mass is 9.69. The van der Waals surface area contributed by atoms with E-state index in [4.69, 9.17) is 5.11 Å². The maximum absolute atomic E-state index is 13.6. The van der Waals surface area contributed by atoms with Crippen molar-refractivity contribution in [2.45, 2.75) is 38.5 Å². The lowest BCUT2D eigenvalue weighted by Crippen LogP contribution is -2.40. The van der Waals surface area contributed by atoms with E-state index in [1.54, 1.807) is 6.07 Å². The van der Waals surface area contributed by atoms with Gasteiger partial charge < -0.3 is 15.3 Å². The number of nitrogens with one attached hydrogen (secondary N) is 1. The molecule has 0 saturated heterocycles. The molecular formula is C29H32N4O3. The number of rotatable bonds is 8. The van der Waals surface area contributed by atoms with E-state index in [0.29, 0.717) is 18.1 Å². The van der Waals surface area contributed by atoms with Gasteiger partial charge in [-0.2, -0.15) is 0 Å². The fourth-order valence-corrected chi connectivity index (χ4v) is 4.77. The Balaban J connectivity index is 1.50. The van der Waals surface area contributed by atoms with Crippen molar-refractivity contribution < 1.29 is 14.7 Å². The van der Waals surface area contributed by atoms with Gasteiger partial charge in [-0.25, -0.2) is 14.8 Å². The van der Waals surface area contributed by atoms with Crippen LogP contribution >= 0.6 is 0 Å². The number of aromatic nitrogens is 2. The minimum atomic E-state index is -1.00. The summed E-state index contributed by atoms with van der Waals surface area (Å²) in [6.07, 6.45) is 11.8. The number of hydrogen-bond acceptors (Lipinski definition) is 5. The van der Waals surface area contributed by atoms with Crippen LogP contribution in [-0.2, 0) is 16.0 Å². The minimum absolute atomic E-state index is 0.0262. The summed E-state index contributed by atoms with van der Waals surface area (Å²) in [6.45, 7) is 0. The van der Waals surface area contributed by atoms with E-state index >= 15 is 0 Å². The number of carboxylic acid groups (broad SMARTS) is 1. The van der Waals surface area contributed by atoms with Gasteiger partial charge in [0.15, 0.2) is 0 Å². The van der Waals surface area contributed by atoms with E-state index in [1.165, 1.54) is 6.08 Å². The van der Waals surface area contributed by atoms with Crippen LogP contribution in [0, 0.1) is 5.41 Å². The molecule has 1 aromatic heterocycles. The third-order valence-corrected chi connectivity index (χ3v) is 6.72. The topological polar surface area (TPSA) is 95.4 Å². The third-order valence-electron chi connectivity index (χ3n) is 6.72. The molecule has 1 heterocycles. The number of aliphatic carboxylic acids is 1. The van der Waals surface area contributed by atoms with Gasteiger partial charge in [-0.05, 0) is 54.2 Å². The van der Waals surface area contributed by atoms with E-state index in [2.05, 4.69) is 39.6 Å². The van der Waals surface area contributed by atoms with Gasteiger partial charge in [0.2, 0.25) is 11.9 Å². The summed E-state index contributed by atoms with van der Waals surface area (Å²) >= 11 is 0. The van der Waals surface area contributed by atoms with Crippen molar-refractivity contribution in [2.24, 2.45) is 5.41 Å². The maximum atomic E-state index is 13.6. The Morgan fingerprint density at radius 1 is 1.00 bits per heavy atom. The van der Waals surface area contributed by atoms with Gasteiger partial charge in [-0.1, -0.05) is 55.7 Å². The quantitative estimate of drug-likeness (QED) is 0.414. The highest BCUT2D eigenvalue weighted by Crippen LogP contribution is 2.40.